The molecule has 0 heterocycles. The van der Waals surface area contributed by atoms with Crippen molar-refractivity contribution in [3.05, 3.63) is 241 Å². The van der Waals surface area contributed by atoms with Gasteiger partial charge in [0.2, 0.25) is 0 Å². The molecule has 0 saturated heterocycles. The SMILES string of the molecule is c1ccc(-c2cc(-c3ccccc3)cc(-c3ccc(-c4cc5c(c6ccccc46)-c4ccccc4C5(c4ccccc4)c4ccccc4)cc3)c2)cc1. The highest BCUT2D eigenvalue weighted by atomic mass is 14.5. The highest BCUT2D eigenvalue weighted by Crippen LogP contribution is 2.59. The third-order valence-corrected chi connectivity index (χ3v) is 11.1. The first-order chi connectivity index (χ1) is 26.3. The first-order valence-corrected chi connectivity index (χ1v) is 18.4. The van der Waals surface area contributed by atoms with Crippen LogP contribution in [0.2, 0.25) is 0 Å². The summed E-state index contributed by atoms with van der Waals surface area (Å²) in [6.45, 7) is 0. The molecule has 0 heteroatoms. The third kappa shape index (κ3) is 5.06. The maximum atomic E-state index is 2.50. The van der Waals surface area contributed by atoms with Crippen LogP contribution in [0.1, 0.15) is 22.3 Å². The molecule has 1 aliphatic carbocycles. The second kappa shape index (κ2) is 12.8. The number of hydrogen-bond donors (Lipinski definition) is 0. The first-order valence-electron chi connectivity index (χ1n) is 18.4. The number of benzene rings is 9. The van der Waals surface area contributed by atoms with E-state index in [4.69, 9.17) is 0 Å². The van der Waals surface area contributed by atoms with E-state index in [1.54, 1.807) is 0 Å². The molecule has 53 heavy (non-hydrogen) atoms. The highest BCUT2D eigenvalue weighted by molar-refractivity contribution is 6.10. The van der Waals surface area contributed by atoms with Gasteiger partial charge >= 0.3 is 0 Å². The lowest BCUT2D eigenvalue weighted by atomic mass is 9.67. The van der Waals surface area contributed by atoms with Crippen LogP contribution in [0.5, 0.6) is 0 Å². The topological polar surface area (TPSA) is 0 Å². The zero-order chi connectivity index (χ0) is 35.2. The molecule has 0 amide bonds. The molecule has 1 aliphatic rings. The molecule has 0 bridgehead atoms. The fraction of sp³-hybridized carbons (Fsp3) is 0.0189. The molecule has 0 fully saturated rings. The van der Waals surface area contributed by atoms with Crippen LogP contribution in [0.25, 0.3) is 66.4 Å². The van der Waals surface area contributed by atoms with E-state index in [0.29, 0.717) is 0 Å². The van der Waals surface area contributed by atoms with Gasteiger partial charge in [-0.3, -0.25) is 0 Å². The van der Waals surface area contributed by atoms with Crippen molar-refractivity contribution in [3.63, 3.8) is 0 Å². The number of hydrogen-bond acceptors (Lipinski definition) is 0. The van der Waals surface area contributed by atoms with Crippen molar-refractivity contribution < 1.29 is 0 Å². The van der Waals surface area contributed by atoms with Crippen LogP contribution < -0.4 is 0 Å². The predicted octanol–water partition coefficient (Wildman–Crippen LogP) is 13.9. The Morgan fingerprint density at radius 1 is 0.245 bits per heavy atom. The van der Waals surface area contributed by atoms with Crippen LogP contribution in [0, 0.1) is 0 Å². The van der Waals surface area contributed by atoms with Crippen molar-refractivity contribution in [2.24, 2.45) is 0 Å². The Morgan fingerprint density at radius 2 is 0.660 bits per heavy atom. The molecule has 0 unspecified atom stereocenters. The Balaban J connectivity index is 1.18. The van der Waals surface area contributed by atoms with Gasteiger partial charge in [-0.2, -0.15) is 0 Å². The van der Waals surface area contributed by atoms with Crippen molar-refractivity contribution in [3.8, 4) is 55.6 Å². The fourth-order valence-corrected chi connectivity index (χ4v) is 8.77. The second-order valence-electron chi connectivity index (χ2n) is 14.0. The molecule has 9 aromatic carbocycles. The van der Waals surface area contributed by atoms with E-state index in [2.05, 4.69) is 218 Å². The lowest BCUT2D eigenvalue weighted by molar-refractivity contribution is 0.769. The molecule has 0 aliphatic heterocycles. The summed E-state index contributed by atoms with van der Waals surface area (Å²) < 4.78 is 0. The smallest absolute Gasteiger partial charge is 0.0622 e. The van der Waals surface area contributed by atoms with Crippen molar-refractivity contribution in [2.45, 2.75) is 5.41 Å². The van der Waals surface area contributed by atoms with Gasteiger partial charge in [-0.15, -0.1) is 0 Å². The minimum atomic E-state index is -0.459. The molecule has 248 valence electrons. The van der Waals surface area contributed by atoms with E-state index in [1.165, 1.54) is 88.7 Å². The van der Waals surface area contributed by atoms with E-state index in [1.807, 2.05) is 0 Å². The van der Waals surface area contributed by atoms with Gasteiger partial charge in [-0.1, -0.05) is 194 Å². The van der Waals surface area contributed by atoms with Crippen molar-refractivity contribution >= 4 is 10.8 Å². The molecule has 0 spiro atoms. The average Bonchev–Trinajstić information content (AvgIpc) is 3.55. The summed E-state index contributed by atoms with van der Waals surface area (Å²) in [5, 5.41) is 2.55. The summed E-state index contributed by atoms with van der Waals surface area (Å²) in [5.74, 6) is 0. The largest absolute Gasteiger partial charge is 0.0714 e. The van der Waals surface area contributed by atoms with Crippen molar-refractivity contribution in [2.75, 3.05) is 0 Å². The van der Waals surface area contributed by atoms with Crippen LogP contribution in [0.4, 0.5) is 0 Å². The van der Waals surface area contributed by atoms with Gasteiger partial charge < -0.3 is 0 Å². The van der Waals surface area contributed by atoms with Crippen LogP contribution in [-0.2, 0) is 5.41 Å². The molecule has 0 nitrogen and oxygen atoms in total. The Morgan fingerprint density at radius 3 is 1.21 bits per heavy atom. The highest BCUT2D eigenvalue weighted by Gasteiger charge is 2.46. The maximum Gasteiger partial charge on any atom is 0.0714 e. The minimum Gasteiger partial charge on any atom is -0.0622 e. The summed E-state index contributed by atoms with van der Waals surface area (Å²) in [4.78, 5) is 0. The zero-order valence-corrected chi connectivity index (χ0v) is 29.3. The molecule has 0 atom stereocenters. The van der Waals surface area contributed by atoms with Crippen LogP contribution >= 0.6 is 0 Å². The first kappa shape index (κ1) is 31.0. The standard InChI is InChI=1S/C53H36/c1-5-17-37(18-6-1)41-33-42(38-19-7-2-8-20-38)35-43(34-41)39-29-31-40(32-30-39)49-36-51-52(47-26-14-13-25-46(47)49)48-27-15-16-28-50(48)53(51,44-21-9-3-10-22-44)45-23-11-4-12-24-45/h1-36H. The van der Waals surface area contributed by atoms with Crippen molar-refractivity contribution in [1.82, 2.24) is 0 Å². The van der Waals surface area contributed by atoms with Gasteiger partial charge in [0.05, 0.1) is 5.41 Å². The Hall–Kier alpha value is -6.76. The molecule has 0 radical (unpaired) electrons. The number of rotatable bonds is 6. The van der Waals surface area contributed by atoms with Gasteiger partial charge in [0.15, 0.2) is 0 Å². The van der Waals surface area contributed by atoms with E-state index >= 15 is 0 Å². The van der Waals surface area contributed by atoms with E-state index < -0.39 is 5.41 Å². The van der Waals surface area contributed by atoms with E-state index in [0.717, 1.165) is 0 Å². The fourth-order valence-electron chi connectivity index (χ4n) is 8.77. The number of fused-ring (bicyclic) bond motifs is 5. The van der Waals surface area contributed by atoms with Gasteiger partial charge in [0.1, 0.15) is 0 Å². The Kier molecular flexibility index (Phi) is 7.48. The minimum absolute atomic E-state index is 0.459. The summed E-state index contributed by atoms with van der Waals surface area (Å²) >= 11 is 0. The normalized spacial score (nSPS) is 12.7. The van der Waals surface area contributed by atoms with Crippen molar-refractivity contribution in [1.29, 1.82) is 0 Å². The summed E-state index contributed by atoms with van der Waals surface area (Å²) in [5.41, 5.74) is 17.1. The molecule has 10 rings (SSSR count). The van der Waals surface area contributed by atoms with Gasteiger partial charge in [-0.25, -0.2) is 0 Å². The van der Waals surface area contributed by atoms with Crippen LogP contribution in [0.15, 0.2) is 218 Å². The summed E-state index contributed by atoms with van der Waals surface area (Å²) in [6.07, 6.45) is 0. The second-order valence-corrected chi connectivity index (χ2v) is 14.0. The van der Waals surface area contributed by atoms with Gasteiger partial charge in [-0.05, 0) is 113 Å². The van der Waals surface area contributed by atoms with Gasteiger partial charge in [0.25, 0.3) is 0 Å². The average molecular weight is 673 g/mol. The maximum absolute atomic E-state index is 2.50. The predicted molar refractivity (Wildman–Crippen MR) is 223 cm³/mol. The lowest BCUT2D eigenvalue weighted by Crippen LogP contribution is -2.28. The van der Waals surface area contributed by atoms with Crippen LogP contribution in [0.3, 0.4) is 0 Å². The summed E-state index contributed by atoms with van der Waals surface area (Å²) in [6, 6.07) is 80.2. The zero-order valence-electron chi connectivity index (χ0n) is 29.3. The third-order valence-electron chi connectivity index (χ3n) is 11.1. The van der Waals surface area contributed by atoms with Crippen LogP contribution in [-0.4, -0.2) is 0 Å². The molecular weight excluding hydrogens is 637 g/mol. The molecular formula is C53H36. The van der Waals surface area contributed by atoms with E-state index in [9.17, 15) is 0 Å². The Bertz CT molecular complexity index is 2630. The molecule has 9 aromatic rings. The lowest BCUT2D eigenvalue weighted by Gasteiger charge is -2.34. The summed E-state index contributed by atoms with van der Waals surface area (Å²) in [7, 11) is 0. The Labute approximate surface area is 311 Å². The molecule has 0 aromatic heterocycles. The van der Waals surface area contributed by atoms with Gasteiger partial charge in [0, 0.05) is 0 Å². The van der Waals surface area contributed by atoms with E-state index in [-0.39, 0.29) is 0 Å². The molecule has 0 saturated carbocycles. The monoisotopic (exact) mass is 672 g/mol. The quantitative estimate of drug-likeness (QED) is 0.165. The molecule has 0 N–H and O–H groups in total.